The van der Waals surface area contributed by atoms with Crippen molar-refractivity contribution >= 4 is 16.0 Å². The van der Waals surface area contributed by atoms with Crippen molar-refractivity contribution < 1.29 is 21.6 Å². The number of piperidine rings is 1. The number of aliphatic imine (C=N–C) groups is 1. The van der Waals surface area contributed by atoms with Crippen LogP contribution in [0.5, 0.6) is 0 Å². The molecule has 2 fully saturated rings. The second kappa shape index (κ2) is 9.42. The number of halogens is 3. The molecule has 0 saturated carbocycles. The lowest BCUT2D eigenvalue weighted by Gasteiger charge is -2.32. The van der Waals surface area contributed by atoms with Crippen molar-refractivity contribution in [3.05, 3.63) is 0 Å². The fourth-order valence-electron chi connectivity index (χ4n) is 3.52. The minimum absolute atomic E-state index is 0.107. The lowest BCUT2D eigenvalue weighted by molar-refractivity contribution is -0.0494. The fraction of sp³-hybridized carbons (Fsp3) is 0.938. The molecule has 2 aliphatic rings. The molecule has 2 rings (SSSR count). The van der Waals surface area contributed by atoms with Crippen LogP contribution in [0.25, 0.3) is 0 Å². The molecule has 2 saturated heterocycles. The predicted octanol–water partition coefficient (Wildman–Crippen LogP) is 1.20. The van der Waals surface area contributed by atoms with Crippen LogP contribution in [0, 0.1) is 5.92 Å². The number of nitrogens with one attached hydrogen (secondary N) is 2. The van der Waals surface area contributed by atoms with Crippen LogP contribution in [0.2, 0.25) is 0 Å². The maximum atomic E-state index is 12.6. The third-order valence-corrected chi connectivity index (χ3v) is 6.67. The first-order valence-electron chi connectivity index (χ1n) is 9.39. The van der Waals surface area contributed by atoms with Crippen molar-refractivity contribution in [2.24, 2.45) is 10.9 Å². The van der Waals surface area contributed by atoms with Gasteiger partial charge >= 0.3 is 15.5 Å². The molecule has 158 valence electrons. The van der Waals surface area contributed by atoms with Gasteiger partial charge in [-0.1, -0.05) is 6.92 Å². The Bertz CT molecular complexity index is 598. The molecule has 2 aliphatic heterocycles. The van der Waals surface area contributed by atoms with Crippen LogP contribution in [-0.2, 0) is 10.0 Å². The van der Waals surface area contributed by atoms with Gasteiger partial charge in [0.25, 0.3) is 0 Å². The maximum absolute atomic E-state index is 12.6. The van der Waals surface area contributed by atoms with E-state index in [1.165, 1.54) is 12.8 Å². The van der Waals surface area contributed by atoms with Gasteiger partial charge in [-0.2, -0.15) is 17.5 Å². The highest BCUT2D eigenvalue weighted by molar-refractivity contribution is 7.90. The van der Waals surface area contributed by atoms with Gasteiger partial charge in [-0.25, -0.2) is 8.42 Å². The van der Waals surface area contributed by atoms with E-state index < -0.39 is 15.5 Å². The van der Waals surface area contributed by atoms with Crippen LogP contribution < -0.4 is 10.6 Å². The fourth-order valence-corrected chi connectivity index (χ4v) is 4.50. The Morgan fingerprint density at radius 3 is 2.30 bits per heavy atom. The summed E-state index contributed by atoms with van der Waals surface area (Å²) in [5.41, 5.74) is -5.24. The molecule has 0 spiro atoms. The first-order chi connectivity index (χ1) is 12.6. The Morgan fingerprint density at radius 1 is 1.19 bits per heavy atom. The standard InChI is InChI=1S/C16H30F3N5O2S/c1-13(12-23-7-3-4-8-23)11-21-15(20-2)22-14-5-9-24(10-6-14)27(25,26)16(17,18)19/h13-14H,3-12H2,1-2H3,(H2,20,21,22). The molecule has 27 heavy (non-hydrogen) atoms. The van der Waals surface area contributed by atoms with Crippen LogP contribution >= 0.6 is 0 Å². The van der Waals surface area contributed by atoms with E-state index in [1.807, 2.05) is 0 Å². The number of hydrogen-bond donors (Lipinski definition) is 2. The first kappa shape index (κ1) is 22.2. The number of hydrogen-bond acceptors (Lipinski definition) is 4. The molecule has 0 aromatic rings. The summed E-state index contributed by atoms with van der Waals surface area (Å²) in [6.07, 6.45) is 3.12. The van der Waals surface area contributed by atoms with Crippen LogP contribution in [-0.4, -0.2) is 81.4 Å². The quantitative estimate of drug-likeness (QED) is 0.506. The lowest BCUT2D eigenvalue weighted by atomic mass is 10.1. The molecular weight excluding hydrogens is 383 g/mol. The third kappa shape index (κ3) is 6.21. The second-order valence-electron chi connectivity index (χ2n) is 7.33. The number of alkyl halides is 3. The monoisotopic (exact) mass is 413 g/mol. The molecule has 0 aliphatic carbocycles. The Balaban J connectivity index is 1.74. The smallest absolute Gasteiger partial charge is 0.356 e. The van der Waals surface area contributed by atoms with Crippen LogP contribution in [0.4, 0.5) is 13.2 Å². The van der Waals surface area contributed by atoms with Crippen molar-refractivity contribution in [1.29, 1.82) is 0 Å². The number of sulfonamides is 1. The molecule has 2 N–H and O–H groups in total. The van der Waals surface area contributed by atoms with Crippen molar-refractivity contribution in [2.45, 2.75) is 44.2 Å². The van der Waals surface area contributed by atoms with E-state index in [0.29, 0.717) is 29.0 Å². The van der Waals surface area contributed by atoms with Gasteiger partial charge < -0.3 is 15.5 Å². The third-order valence-electron chi connectivity index (χ3n) is 5.04. The van der Waals surface area contributed by atoms with Gasteiger partial charge in [-0.3, -0.25) is 4.99 Å². The highest BCUT2D eigenvalue weighted by Crippen LogP contribution is 2.28. The average Bonchev–Trinajstić information content (AvgIpc) is 3.11. The summed E-state index contributed by atoms with van der Waals surface area (Å²) in [4.78, 5) is 6.61. The molecule has 2 heterocycles. The SMILES string of the molecule is CN=C(NCC(C)CN1CCCC1)NC1CCN(S(=O)(=O)C(F)(F)F)CC1. The largest absolute Gasteiger partial charge is 0.511 e. The second-order valence-corrected chi connectivity index (χ2v) is 9.26. The van der Waals surface area contributed by atoms with Crippen molar-refractivity contribution in [3.8, 4) is 0 Å². The van der Waals surface area contributed by atoms with Gasteiger partial charge in [-0.05, 0) is 44.7 Å². The topological polar surface area (TPSA) is 77.0 Å². The molecular formula is C16H30F3N5O2S. The van der Waals surface area contributed by atoms with Crippen LogP contribution in [0.3, 0.4) is 0 Å². The van der Waals surface area contributed by atoms with Gasteiger partial charge in [0.05, 0.1) is 0 Å². The average molecular weight is 414 g/mol. The van der Waals surface area contributed by atoms with E-state index >= 15 is 0 Å². The number of guanidine groups is 1. The predicted molar refractivity (Wildman–Crippen MR) is 98.9 cm³/mol. The first-order valence-corrected chi connectivity index (χ1v) is 10.8. The molecule has 0 amide bonds. The summed E-state index contributed by atoms with van der Waals surface area (Å²) >= 11 is 0. The highest BCUT2D eigenvalue weighted by Gasteiger charge is 2.50. The van der Waals surface area contributed by atoms with Crippen LogP contribution in [0.15, 0.2) is 4.99 Å². The minimum Gasteiger partial charge on any atom is -0.356 e. The summed E-state index contributed by atoms with van der Waals surface area (Å²) in [6.45, 7) is 5.94. The van der Waals surface area contributed by atoms with Gasteiger partial charge in [0, 0.05) is 39.3 Å². The molecule has 1 atom stereocenters. The number of likely N-dealkylation sites (tertiary alicyclic amines) is 1. The van der Waals surface area contributed by atoms with E-state index in [0.717, 1.165) is 26.2 Å². The zero-order valence-corrected chi connectivity index (χ0v) is 16.7. The summed E-state index contributed by atoms with van der Waals surface area (Å²) in [5, 5.41) is 6.44. The molecule has 0 bridgehead atoms. The van der Waals surface area contributed by atoms with Gasteiger partial charge in [-0.15, -0.1) is 0 Å². The Labute approximate surface area is 159 Å². The number of nitrogens with zero attached hydrogens (tertiary/aromatic N) is 3. The van der Waals surface area contributed by atoms with E-state index in [4.69, 9.17) is 0 Å². The van der Waals surface area contributed by atoms with E-state index in [2.05, 4.69) is 27.4 Å². The summed E-state index contributed by atoms with van der Waals surface area (Å²) in [6, 6.07) is -0.107. The zero-order valence-electron chi connectivity index (χ0n) is 15.9. The summed E-state index contributed by atoms with van der Waals surface area (Å²) < 4.78 is 61.3. The molecule has 7 nitrogen and oxygen atoms in total. The summed E-state index contributed by atoms with van der Waals surface area (Å²) in [7, 11) is -3.59. The van der Waals surface area contributed by atoms with Gasteiger partial charge in [0.2, 0.25) is 0 Å². The van der Waals surface area contributed by atoms with Gasteiger partial charge in [0.1, 0.15) is 0 Å². The molecule has 0 aromatic heterocycles. The molecule has 1 unspecified atom stereocenters. The van der Waals surface area contributed by atoms with Crippen molar-refractivity contribution in [1.82, 2.24) is 19.8 Å². The van der Waals surface area contributed by atoms with E-state index in [1.54, 1.807) is 7.05 Å². The Morgan fingerprint density at radius 2 is 1.78 bits per heavy atom. The highest BCUT2D eigenvalue weighted by atomic mass is 32.2. The van der Waals surface area contributed by atoms with Gasteiger partial charge in [0.15, 0.2) is 5.96 Å². The van der Waals surface area contributed by atoms with E-state index in [-0.39, 0.29) is 19.1 Å². The van der Waals surface area contributed by atoms with E-state index in [9.17, 15) is 21.6 Å². The van der Waals surface area contributed by atoms with Crippen LogP contribution in [0.1, 0.15) is 32.6 Å². The molecule has 0 aromatic carbocycles. The summed E-state index contributed by atoms with van der Waals surface area (Å²) in [5.74, 6) is 1.04. The van der Waals surface area contributed by atoms with Crippen molar-refractivity contribution in [2.75, 3.05) is 46.3 Å². The Hall–Kier alpha value is -1.07. The molecule has 0 radical (unpaired) electrons. The lowest BCUT2D eigenvalue weighted by Crippen LogP contribution is -2.52. The maximum Gasteiger partial charge on any atom is 0.511 e. The number of rotatable bonds is 6. The minimum atomic E-state index is -5.24. The Kier molecular flexibility index (Phi) is 7.75. The zero-order chi connectivity index (χ0) is 20.1. The van der Waals surface area contributed by atoms with Crippen molar-refractivity contribution in [3.63, 3.8) is 0 Å². The normalized spacial score (nSPS) is 22.8. The molecule has 11 heteroatoms.